The van der Waals surface area contributed by atoms with Gasteiger partial charge in [0.2, 0.25) is 0 Å². The number of amides is 1. The smallest absolute Gasteiger partial charge is 0.273 e. The summed E-state index contributed by atoms with van der Waals surface area (Å²) in [5.41, 5.74) is 0.154. The van der Waals surface area contributed by atoms with Gasteiger partial charge in [0.05, 0.1) is 18.2 Å². The van der Waals surface area contributed by atoms with Gasteiger partial charge in [-0.1, -0.05) is 6.07 Å². The Morgan fingerprint density at radius 2 is 2.10 bits per heavy atom. The van der Waals surface area contributed by atoms with Crippen molar-refractivity contribution in [3.05, 3.63) is 48.4 Å². The lowest BCUT2D eigenvalue weighted by atomic mass is 10.0. The maximum atomic E-state index is 13.5. The van der Waals surface area contributed by atoms with Crippen molar-refractivity contribution in [1.29, 1.82) is 0 Å². The average Bonchev–Trinajstić information content (AvgIpc) is 3.32. The van der Waals surface area contributed by atoms with E-state index >= 15 is 0 Å². The zero-order valence-electron chi connectivity index (χ0n) is 15.8. The van der Waals surface area contributed by atoms with Crippen molar-refractivity contribution in [2.24, 2.45) is 0 Å². The molecule has 4 atom stereocenters. The van der Waals surface area contributed by atoms with Crippen molar-refractivity contribution in [1.82, 2.24) is 15.2 Å². The highest BCUT2D eigenvalue weighted by molar-refractivity contribution is 5.92. The largest absolute Gasteiger partial charge is 0.487 e. The third kappa shape index (κ3) is 4.42. The molecule has 1 saturated carbocycles. The molecule has 2 fully saturated rings. The van der Waals surface area contributed by atoms with Crippen LogP contribution in [0.3, 0.4) is 0 Å². The summed E-state index contributed by atoms with van der Waals surface area (Å²) in [7, 11) is 0. The second kappa shape index (κ2) is 8.48. The van der Waals surface area contributed by atoms with Crippen LogP contribution in [-0.4, -0.2) is 69.5 Å². The highest BCUT2D eigenvalue weighted by Gasteiger charge is 2.48. The van der Waals surface area contributed by atoms with Crippen LogP contribution in [0.4, 0.5) is 4.39 Å². The molecule has 2 aromatic rings. The minimum absolute atomic E-state index is 0.154. The molecule has 4 rings (SSSR count). The standard InChI is InChI=1S/C20H24FN3O5/c21-12-2-1-3-14(8-12)29-17-9-15(23-20(27)16-10-28-11-22-16)18(19(17)26)24-6-4-13(25)5-7-24/h1-3,8,10-11,13,15,17-19,25-26H,4-7,9H2,(H,23,27)/t15-,17-,18+,19+/m1/s1. The van der Waals surface area contributed by atoms with E-state index in [9.17, 15) is 19.4 Å². The number of carbonyl (C=O) groups is 1. The molecular formula is C20H24FN3O5. The fourth-order valence-corrected chi connectivity index (χ4v) is 4.19. The number of oxazole rings is 1. The Hall–Kier alpha value is -2.49. The number of aliphatic hydroxyl groups excluding tert-OH is 2. The molecule has 156 valence electrons. The monoisotopic (exact) mass is 405 g/mol. The second-order valence-electron chi connectivity index (χ2n) is 7.55. The maximum Gasteiger partial charge on any atom is 0.273 e. The number of hydrogen-bond donors (Lipinski definition) is 3. The molecule has 0 spiro atoms. The van der Waals surface area contributed by atoms with Crippen LogP contribution in [0.1, 0.15) is 29.8 Å². The van der Waals surface area contributed by atoms with E-state index in [1.165, 1.54) is 24.8 Å². The Bertz CT molecular complexity index is 825. The Morgan fingerprint density at radius 1 is 1.31 bits per heavy atom. The Labute approximate surface area is 167 Å². The summed E-state index contributed by atoms with van der Waals surface area (Å²) in [6, 6.07) is 4.96. The normalized spacial score (nSPS) is 28.4. The van der Waals surface area contributed by atoms with Gasteiger partial charge in [-0.3, -0.25) is 9.69 Å². The number of benzene rings is 1. The van der Waals surface area contributed by atoms with Crippen LogP contribution in [0.25, 0.3) is 0 Å². The summed E-state index contributed by atoms with van der Waals surface area (Å²) in [5.74, 6) is -0.498. The highest BCUT2D eigenvalue weighted by atomic mass is 19.1. The number of halogens is 1. The van der Waals surface area contributed by atoms with Crippen molar-refractivity contribution in [3.63, 3.8) is 0 Å². The van der Waals surface area contributed by atoms with Crippen molar-refractivity contribution in [2.75, 3.05) is 13.1 Å². The highest BCUT2D eigenvalue weighted by Crippen LogP contribution is 2.31. The molecule has 3 N–H and O–H groups in total. The molecular weight excluding hydrogens is 381 g/mol. The van der Waals surface area contributed by atoms with E-state index in [4.69, 9.17) is 9.15 Å². The fraction of sp³-hybridized carbons (Fsp3) is 0.500. The van der Waals surface area contributed by atoms with E-state index in [2.05, 4.69) is 15.2 Å². The van der Waals surface area contributed by atoms with Crippen LogP contribution in [0.5, 0.6) is 5.75 Å². The van der Waals surface area contributed by atoms with E-state index in [0.717, 1.165) is 0 Å². The Balaban J connectivity index is 1.52. The minimum Gasteiger partial charge on any atom is -0.487 e. The summed E-state index contributed by atoms with van der Waals surface area (Å²) in [4.78, 5) is 18.4. The van der Waals surface area contributed by atoms with Crippen LogP contribution in [0, 0.1) is 5.82 Å². The maximum absolute atomic E-state index is 13.5. The van der Waals surface area contributed by atoms with Crippen molar-refractivity contribution in [2.45, 2.75) is 49.7 Å². The predicted molar refractivity (Wildman–Crippen MR) is 99.8 cm³/mol. The average molecular weight is 405 g/mol. The summed E-state index contributed by atoms with van der Waals surface area (Å²) < 4.78 is 24.2. The molecule has 1 amide bonds. The Kier molecular flexibility index (Phi) is 5.79. The van der Waals surface area contributed by atoms with E-state index in [0.29, 0.717) is 38.1 Å². The van der Waals surface area contributed by atoms with Crippen LogP contribution in [-0.2, 0) is 0 Å². The molecule has 1 aromatic carbocycles. The van der Waals surface area contributed by atoms with E-state index in [-0.39, 0.29) is 11.8 Å². The summed E-state index contributed by atoms with van der Waals surface area (Å²) in [5, 5.41) is 23.7. The van der Waals surface area contributed by atoms with Gasteiger partial charge in [0.25, 0.3) is 5.91 Å². The first-order chi connectivity index (χ1) is 14.0. The van der Waals surface area contributed by atoms with Gasteiger partial charge in [-0.15, -0.1) is 0 Å². The van der Waals surface area contributed by atoms with E-state index < -0.39 is 36.0 Å². The molecule has 0 bridgehead atoms. The molecule has 1 aromatic heterocycles. The van der Waals surface area contributed by atoms with Crippen LogP contribution in [0.15, 0.2) is 41.3 Å². The molecule has 2 heterocycles. The van der Waals surface area contributed by atoms with Crippen molar-refractivity contribution < 1.29 is 28.6 Å². The van der Waals surface area contributed by atoms with Gasteiger partial charge in [0.15, 0.2) is 12.1 Å². The quantitative estimate of drug-likeness (QED) is 0.680. The Morgan fingerprint density at radius 3 is 2.79 bits per heavy atom. The van der Waals surface area contributed by atoms with Crippen LogP contribution in [0.2, 0.25) is 0 Å². The number of hydrogen-bond acceptors (Lipinski definition) is 7. The fourth-order valence-electron chi connectivity index (χ4n) is 4.19. The summed E-state index contributed by atoms with van der Waals surface area (Å²) in [6.45, 7) is 1.21. The van der Waals surface area contributed by atoms with E-state index in [1.54, 1.807) is 12.1 Å². The molecule has 0 radical (unpaired) electrons. The zero-order chi connectivity index (χ0) is 20.4. The molecule has 1 saturated heterocycles. The zero-order valence-corrected chi connectivity index (χ0v) is 15.8. The van der Waals surface area contributed by atoms with Gasteiger partial charge in [-0.25, -0.2) is 9.37 Å². The number of piperidine rings is 1. The van der Waals surface area contributed by atoms with Crippen LogP contribution >= 0.6 is 0 Å². The number of likely N-dealkylation sites (tertiary alicyclic amines) is 1. The number of nitrogens with one attached hydrogen (secondary N) is 1. The SMILES string of the molecule is O=C(N[C@@H]1C[C@@H](Oc2cccc(F)c2)[C@H](O)[C@H]1N1CCC(O)CC1)c1cocn1. The second-order valence-corrected chi connectivity index (χ2v) is 7.55. The lowest BCUT2D eigenvalue weighted by Crippen LogP contribution is -2.55. The lowest BCUT2D eigenvalue weighted by Gasteiger charge is -2.38. The number of rotatable bonds is 5. The summed E-state index contributed by atoms with van der Waals surface area (Å²) >= 11 is 0. The first-order valence-corrected chi connectivity index (χ1v) is 9.72. The van der Waals surface area contributed by atoms with Crippen molar-refractivity contribution >= 4 is 5.91 Å². The third-order valence-electron chi connectivity index (χ3n) is 5.62. The minimum atomic E-state index is -0.892. The molecule has 0 unspecified atom stereocenters. The number of ether oxygens (including phenoxy) is 1. The lowest BCUT2D eigenvalue weighted by molar-refractivity contribution is -0.0145. The predicted octanol–water partition coefficient (Wildman–Crippen LogP) is 0.950. The molecule has 29 heavy (non-hydrogen) atoms. The number of aromatic nitrogens is 1. The summed E-state index contributed by atoms with van der Waals surface area (Å²) in [6.07, 6.45) is 2.13. The third-order valence-corrected chi connectivity index (χ3v) is 5.62. The number of aliphatic hydroxyl groups is 2. The first-order valence-electron chi connectivity index (χ1n) is 9.72. The van der Waals surface area contributed by atoms with Gasteiger partial charge in [0.1, 0.15) is 30.0 Å². The van der Waals surface area contributed by atoms with Crippen LogP contribution < -0.4 is 10.1 Å². The first kappa shape index (κ1) is 19.8. The molecule has 8 nitrogen and oxygen atoms in total. The van der Waals surface area contributed by atoms with E-state index in [1.807, 2.05) is 0 Å². The van der Waals surface area contributed by atoms with Gasteiger partial charge in [-0.2, -0.15) is 0 Å². The van der Waals surface area contributed by atoms with Gasteiger partial charge >= 0.3 is 0 Å². The molecule has 1 aliphatic heterocycles. The van der Waals surface area contributed by atoms with Gasteiger partial charge < -0.3 is 24.7 Å². The molecule has 2 aliphatic rings. The van der Waals surface area contributed by atoms with Gasteiger partial charge in [-0.05, 0) is 25.0 Å². The number of nitrogens with zero attached hydrogens (tertiary/aromatic N) is 2. The molecule has 1 aliphatic carbocycles. The van der Waals surface area contributed by atoms with Crippen molar-refractivity contribution in [3.8, 4) is 5.75 Å². The molecule has 9 heteroatoms. The topological polar surface area (TPSA) is 108 Å². The number of carbonyl (C=O) groups excluding carboxylic acids is 1. The van der Waals surface area contributed by atoms with Gasteiger partial charge in [0, 0.05) is 25.6 Å².